The highest BCUT2D eigenvalue weighted by atomic mass is 35.5. The molecule has 0 saturated heterocycles. The van der Waals surface area contributed by atoms with E-state index in [1.807, 2.05) is 6.07 Å². The highest BCUT2D eigenvalue weighted by molar-refractivity contribution is 6.29. The van der Waals surface area contributed by atoms with Gasteiger partial charge in [-0.2, -0.15) is 5.26 Å². The van der Waals surface area contributed by atoms with Crippen molar-refractivity contribution in [3.63, 3.8) is 0 Å². The molecular formula is C9H8ClNO. The van der Waals surface area contributed by atoms with Crippen LogP contribution in [0.1, 0.15) is 6.92 Å². The van der Waals surface area contributed by atoms with Crippen LogP contribution in [0.2, 0.25) is 0 Å². The van der Waals surface area contributed by atoms with E-state index in [-0.39, 0.29) is 5.78 Å². The predicted octanol–water partition coefficient (Wildman–Crippen LogP) is 1.82. The lowest BCUT2D eigenvalue weighted by atomic mass is 9.86. The number of halogens is 1. The second-order valence-corrected chi connectivity index (χ2v) is 3.34. The van der Waals surface area contributed by atoms with Gasteiger partial charge in [-0.15, -0.1) is 0 Å². The molecule has 0 saturated carbocycles. The first-order chi connectivity index (χ1) is 5.60. The zero-order chi connectivity index (χ0) is 9.19. The van der Waals surface area contributed by atoms with Gasteiger partial charge in [-0.05, 0) is 13.0 Å². The third-order valence-electron chi connectivity index (χ3n) is 1.82. The number of Topliss-reactive ketones (excluding diaryl/α,β-unsaturated/α-hetero) is 1. The largest absolute Gasteiger partial charge is 0.299 e. The van der Waals surface area contributed by atoms with E-state index in [0.717, 1.165) is 0 Å². The summed E-state index contributed by atoms with van der Waals surface area (Å²) in [7, 11) is 0. The van der Waals surface area contributed by atoms with Crippen LogP contribution in [0.4, 0.5) is 0 Å². The lowest BCUT2D eigenvalue weighted by Gasteiger charge is -2.23. The smallest absolute Gasteiger partial charge is 0.162 e. The molecule has 0 aliphatic heterocycles. The number of hydrogen-bond acceptors (Lipinski definition) is 2. The number of allylic oxidation sites excluding steroid dienone is 4. The molecule has 0 amide bonds. The Balaban J connectivity index is 3.02. The molecule has 0 spiro atoms. The molecule has 0 aromatic carbocycles. The topological polar surface area (TPSA) is 40.9 Å². The maximum absolute atomic E-state index is 11.1. The van der Waals surface area contributed by atoms with Crippen LogP contribution in [-0.4, -0.2) is 10.7 Å². The summed E-state index contributed by atoms with van der Waals surface area (Å²) in [5, 5.41) is 8.75. The third kappa shape index (κ3) is 1.41. The Hall–Kier alpha value is -1.07. The molecule has 12 heavy (non-hydrogen) atoms. The Morgan fingerprint density at radius 2 is 2.33 bits per heavy atom. The first kappa shape index (κ1) is 9.02. The second kappa shape index (κ2) is 3.12. The average Bonchev–Trinajstić information content (AvgIpc) is 2.05. The van der Waals surface area contributed by atoms with E-state index in [1.165, 1.54) is 6.92 Å². The Morgan fingerprint density at radius 1 is 1.67 bits per heavy atom. The van der Waals surface area contributed by atoms with Crippen molar-refractivity contribution in [2.45, 2.75) is 11.8 Å². The number of ketones is 1. The highest BCUT2D eigenvalue weighted by Gasteiger charge is 2.37. The van der Waals surface area contributed by atoms with Crippen LogP contribution in [0.25, 0.3) is 0 Å². The zero-order valence-electron chi connectivity index (χ0n) is 6.62. The third-order valence-corrected chi connectivity index (χ3v) is 2.26. The number of alkyl halides is 1. The summed E-state index contributed by atoms with van der Waals surface area (Å²) in [5.41, 5.74) is 0. The Morgan fingerprint density at radius 3 is 2.75 bits per heavy atom. The summed E-state index contributed by atoms with van der Waals surface area (Å²) in [5.74, 6) is -0.610. The molecule has 0 N–H and O–H groups in total. The van der Waals surface area contributed by atoms with Crippen molar-refractivity contribution in [2.75, 3.05) is 0 Å². The fourth-order valence-corrected chi connectivity index (χ4v) is 1.45. The molecule has 0 heterocycles. The van der Waals surface area contributed by atoms with Gasteiger partial charge in [0.05, 0.1) is 12.0 Å². The molecule has 2 atom stereocenters. The number of carbonyl (C=O) groups excluding carboxylic acids is 1. The molecule has 0 fully saturated rings. The van der Waals surface area contributed by atoms with Crippen molar-refractivity contribution in [1.29, 1.82) is 5.26 Å². The van der Waals surface area contributed by atoms with Crippen molar-refractivity contribution in [2.24, 2.45) is 5.92 Å². The van der Waals surface area contributed by atoms with E-state index in [1.54, 1.807) is 24.3 Å². The van der Waals surface area contributed by atoms with Gasteiger partial charge in [-0.3, -0.25) is 4.79 Å². The number of hydrogen-bond donors (Lipinski definition) is 0. The summed E-state index contributed by atoms with van der Waals surface area (Å²) in [4.78, 5) is 9.87. The van der Waals surface area contributed by atoms with Gasteiger partial charge in [0, 0.05) is 0 Å². The van der Waals surface area contributed by atoms with E-state index in [0.29, 0.717) is 0 Å². The van der Waals surface area contributed by atoms with Crippen molar-refractivity contribution in [1.82, 2.24) is 0 Å². The lowest BCUT2D eigenvalue weighted by Crippen LogP contribution is -2.33. The van der Waals surface area contributed by atoms with Crippen LogP contribution in [-0.2, 0) is 4.79 Å². The Bertz CT molecular complexity index is 300. The molecular weight excluding hydrogens is 174 g/mol. The molecule has 1 aliphatic rings. The SMILES string of the molecule is CC(=O)C1C=CC=CC1(Cl)C#N. The van der Waals surface area contributed by atoms with Gasteiger partial charge in [-0.1, -0.05) is 29.8 Å². The van der Waals surface area contributed by atoms with Gasteiger partial charge in [0.1, 0.15) is 5.78 Å². The maximum Gasteiger partial charge on any atom is 0.162 e. The normalized spacial score (nSPS) is 32.9. The summed E-state index contributed by atoms with van der Waals surface area (Å²) < 4.78 is 0. The van der Waals surface area contributed by atoms with E-state index >= 15 is 0 Å². The van der Waals surface area contributed by atoms with Gasteiger partial charge >= 0.3 is 0 Å². The van der Waals surface area contributed by atoms with Crippen molar-refractivity contribution < 1.29 is 4.79 Å². The van der Waals surface area contributed by atoms with Crippen molar-refractivity contribution in [3.8, 4) is 6.07 Å². The summed E-state index contributed by atoms with van der Waals surface area (Å²) in [6.45, 7) is 1.43. The van der Waals surface area contributed by atoms with Gasteiger partial charge in [0.25, 0.3) is 0 Å². The van der Waals surface area contributed by atoms with Gasteiger partial charge < -0.3 is 0 Å². The number of rotatable bonds is 1. The molecule has 0 radical (unpaired) electrons. The summed E-state index contributed by atoms with van der Waals surface area (Å²) >= 11 is 5.90. The first-order valence-corrected chi connectivity index (χ1v) is 3.94. The van der Waals surface area contributed by atoms with Crippen molar-refractivity contribution >= 4 is 17.4 Å². The van der Waals surface area contributed by atoms with Crippen molar-refractivity contribution in [3.05, 3.63) is 24.3 Å². The fraction of sp³-hybridized carbons (Fsp3) is 0.333. The predicted molar refractivity (Wildman–Crippen MR) is 46.6 cm³/mol. The molecule has 2 unspecified atom stereocenters. The van der Waals surface area contributed by atoms with E-state index in [4.69, 9.17) is 16.9 Å². The molecule has 0 aromatic heterocycles. The minimum absolute atomic E-state index is 0.0906. The lowest BCUT2D eigenvalue weighted by molar-refractivity contribution is -0.119. The van der Waals surface area contributed by atoms with E-state index in [2.05, 4.69) is 0 Å². The first-order valence-electron chi connectivity index (χ1n) is 3.57. The monoisotopic (exact) mass is 181 g/mol. The molecule has 62 valence electrons. The minimum Gasteiger partial charge on any atom is -0.299 e. The van der Waals surface area contributed by atoms with Gasteiger partial charge in [0.15, 0.2) is 4.87 Å². The molecule has 3 heteroatoms. The maximum atomic E-state index is 11.1. The van der Waals surface area contributed by atoms with Crippen LogP contribution in [0, 0.1) is 17.2 Å². The van der Waals surface area contributed by atoms with Crippen LogP contribution in [0.5, 0.6) is 0 Å². The van der Waals surface area contributed by atoms with E-state index in [9.17, 15) is 4.79 Å². The molecule has 0 aromatic rings. The quantitative estimate of drug-likeness (QED) is 0.579. The van der Waals surface area contributed by atoms with Crippen LogP contribution in [0.3, 0.4) is 0 Å². The average molecular weight is 182 g/mol. The number of nitriles is 1. The summed E-state index contributed by atoms with van der Waals surface area (Å²) in [6, 6.07) is 1.92. The molecule has 1 rings (SSSR count). The van der Waals surface area contributed by atoms with Gasteiger partial charge in [-0.25, -0.2) is 0 Å². The van der Waals surface area contributed by atoms with Gasteiger partial charge in [0.2, 0.25) is 0 Å². The molecule has 0 bridgehead atoms. The van der Waals surface area contributed by atoms with Crippen LogP contribution >= 0.6 is 11.6 Å². The second-order valence-electron chi connectivity index (χ2n) is 2.71. The fourth-order valence-electron chi connectivity index (χ4n) is 1.15. The standard InChI is InChI=1S/C9H8ClNO/c1-7(12)8-4-2-3-5-9(8,10)6-11/h2-5,8H,1H3. The summed E-state index contributed by atoms with van der Waals surface area (Å²) in [6.07, 6.45) is 6.60. The number of nitrogens with zero attached hydrogens (tertiary/aromatic N) is 1. The van der Waals surface area contributed by atoms with Crippen LogP contribution < -0.4 is 0 Å². The zero-order valence-corrected chi connectivity index (χ0v) is 7.38. The Labute approximate surface area is 76.1 Å². The number of carbonyl (C=O) groups is 1. The molecule has 1 aliphatic carbocycles. The van der Waals surface area contributed by atoms with E-state index < -0.39 is 10.8 Å². The Kier molecular flexibility index (Phi) is 2.35. The highest BCUT2D eigenvalue weighted by Crippen LogP contribution is 2.31. The van der Waals surface area contributed by atoms with Crippen LogP contribution in [0.15, 0.2) is 24.3 Å². The minimum atomic E-state index is -1.18. The molecule has 2 nitrogen and oxygen atoms in total.